The van der Waals surface area contributed by atoms with E-state index < -0.39 is 10.0 Å². The molecule has 0 heterocycles. The highest BCUT2D eigenvalue weighted by molar-refractivity contribution is 7.92. The topological polar surface area (TPSA) is 66.5 Å². The van der Waals surface area contributed by atoms with Gasteiger partial charge < -0.3 is 5.32 Å². The molecule has 0 bridgehead atoms. The second kappa shape index (κ2) is 8.41. The van der Waals surface area contributed by atoms with Crippen LogP contribution in [0.1, 0.15) is 32.1 Å². The highest BCUT2D eigenvalue weighted by Gasteiger charge is 2.24. The average Bonchev–Trinajstić information content (AvgIpc) is 2.53. The van der Waals surface area contributed by atoms with Crippen molar-refractivity contribution in [2.24, 2.45) is 5.92 Å². The Bertz CT molecular complexity index is 689. The Labute approximate surface area is 153 Å². The van der Waals surface area contributed by atoms with Crippen molar-refractivity contribution in [1.29, 1.82) is 0 Å². The Kier molecular flexibility index (Phi) is 6.78. The number of carbonyl (C=O) groups excluding carboxylic acids is 1. The number of sulfonamides is 1. The van der Waals surface area contributed by atoms with Crippen LogP contribution in [-0.4, -0.2) is 33.7 Å². The zero-order valence-corrected chi connectivity index (χ0v) is 15.9. The second-order valence-corrected chi connectivity index (χ2v) is 8.84. The molecule has 1 aromatic rings. The number of anilines is 1. The fourth-order valence-corrected chi connectivity index (χ4v) is 4.21. The number of benzene rings is 1. The average molecular weight is 393 g/mol. The largest absolute Gasteiger partial charge is 0.354 e. The number of halogens is 2. The van der Waals surface area contributed by atoms with Gasteiger partial charge in [-0.1, -0.05) is 48.5 Å². The third kappa shape index (κ3) is 5.26. The van der Waals surface area contributed by atoms with Crippen LogP contribution in [0.5, 0.6) is 0 Å². The molecule has 1 aliphatic rings. The van der Waals surface area contributed by atoms with Gasteiger partial charge in [-0.25, -0.2) is 8.42 Å². The molecule has 0 radical (unpaired) electrons. The Balaban J connectivity index is 2.06. The minimum absolute atomic E-state index is 0.115. The summed E-state index contributed by atoms with van der Waals surface area (Å²) >= 11 is 12.1. The van der Waals surface area contributed by atoms with E-state index >= 15 is 0 Å². The van der Waals surface area contributed by atoms with Gasteiger partial charge in [0, 0.05) is 6.54 Å². The minimum atomic E-state index is -3.67. The molecule has 1 aromatic carbocycles. The fraction of sp³-hybridized carbons (Fsp3) is 0.562. The third-order valence-electron chi connectivity index (χ3n) is 4.20. The molecule has 8 heteroatoms. The van der Waals surface area contributed by atoms with Crippen molar-refractivity contribution >= 4 is 44.8 Å². The molecule has 2 rings (SSSR count). The normalized spacial score (nSPS) is 16.0. The number of hydrogen-bond acceptors (Lipinski definition) is 3. The summed E-state index contributed by atoms with van der Waals surface area (Å²) in [7, 11) is -3.67. The van der Waals surface area contributed by atoms with Crippen LogP contribution in [0.2, 0.25) is 10.0 Å². The van der Waals surface area contributed by atoms with E-state index in [2.05, 4.69) is 5.32 Å². The van der Waals surface area contributed by atoms with Gasteiger partial charge in [0.05, 0.1) is 22.0 Å². The molecular formula is C16H22Cl2N2O3S. The maximum Gasteiger partial charge on any atom is 0.240 e. The number of rotatable bonds is 6. The van der Waals surface area contributed by atoms with E-state index in [9.17, 15) is 13.2 Å². The maximum atomic E-state index is 12.2. The smallest absolute Gasteiger partial charge is 0.240 e. The van der Waals surface area contributed by atoms with E-state index in [1.807, 2.05) is 0 Å². The van der Waals surface area contributed by atoms with Crippen LogP contribution in [0.3, 0.4) is 0 Å². The molecule has 0 spiro atoms. The highest BCUT2D eigenvalue weighted by atomic mass is 35.5. The van der Waals surface area contributed by atoms with Crippen LogP contribution < -0.4 is 9.62 Å². The molecule has 0 saturated heterocycles. The van der Waals surface area contributed by atoms with E-state index in [0.717, 1.165) is 23.4 Å². The molecule has 1 saturated carbocycles. The van der Waals surface area contributed by atoms with Crippen molar-refractivity contribution < 1.29 is 13.2 Å². The minimum Gasteiger partial charge on any atom is -0.354 e. The van der Waals surface area contributed by atoms with Crippen LogP contribution in [0.15, 0.2) is 18.2 Å². The zero-order chi connectivity index (χ0) is 17.7. The predicted molar refractivity (Wildman–Crippen MR) is 98.2 cm³/mol. The lowest BCUT2D eigenvalue weighted by Gasteiger charge is -2.25. The number of amides is 1. The van der Waals surface area contributed by atoms with Crippen LogP contribution in [-0.2, 0) is 14.8 Å². The van der Waals surface area contributed by atoms with Crippen molar-refractivity contribution in [3.05, 3.63) is 28.2 Å². The summed E-state index contributed by atoms with van der Waals surface area (Å²) in [5.74, 6) is 0.131. The molecule has 24 heavy (non-hydrogen) atoms. The van der Waals surface area contributed by atoms with Gasteiger partial charge in [-0.15, -0.1) is 0 Å². The fourth-order valence-electron chi connectivity index (χ4n) is 2.90. The molecule has 1 N–H and O–H groups in total. The Hall–Kier alpha value is -0.980. The van der Waals surface area contributed by atoms with Gasteiger partial charge in [0.2, 0.25) is 15.9 Å². The van der Waals surface area contributed by atoms with Crippen LogP contribution in [0, 0.1) is 5.92 Å². The van der Waals surface area contributed by atoms with Crippen molar-refractivity contribution in [2.75, 3.05) is 23.7 Å². The van der Waals surface area contributed by atoms with E-state index in [0.29, 0.717) is 12.5 Å². The molecule has 1 aliphatic carbocycles. The zero-order valence-electron chi connectivity index (χ0n) is 13.6. The maximum absolute atomic E-state index is 12.2. The lowest BCUT2D eigenvalue weighted by atomic mass is 9.89. The quantitative estimate of drug-likeness (QED) is 0.805. The number of nitrogens with zero attached hydrogens (tertiary/aromatic N) is 1. The van der Waals surface area contributed by atoms with Gasteiger partial charge in [-0.3, -0.25) is 9.10 Å². The number of nitrogens with one attached hydrogen (secondary N) is 1. The summed E-state index contributed by atoms with van der Waals surface area (Å²) in [5.41, 5.74) is 0.208. The standard InChI is InChI=1S/C16H22Cl2N2O3S/c1-24(22,23)20(14-9-5-8-13(17)16(14)18)11-15(21)19-10-12-6-3-2-4-7-12/h5,8-9,12H,2-4,6-7,10-11H2,1H3,(H,19,21). The molecule has 0 aromatic heterocycles. The molecule has 1 fully saturated rings. The first kappa shape index (κ1) is 19.3. The summed E-state index contributed by atoms with van der Waals surface area (Å²) in [4.78, 5) is 12.2. The van der Waals surface area contributed by atoms with Crippen molar-refractivity contribution in [3.63, 3.8) is 0 Å². The summed E-state index contributed by atoms with van der Waals surface area (Å²) in [5, 5.41) is 3.19. The predicted octanol–water partition coefficient (Wildman–Crippen LogP) is 3.46. The summed E-state index contributed by atoms with van der Waals surface area (Å²) in [6.07, 6.45) is 6.88. The van der Waals surface area contributed by atoms with Gasteiger partial charge in [-0.05, 0) is 30.9 Å². The summed E-state index contributed by atoms with van der Waals surface area (Å²) < 4.78 is 25.1. The number of hydrogen-bond donors (Lipinski definition) is 1. The van der Waals surface area contributed by atoms with Crippen LogP contribution in [0.25, 0.3) is 0 Å². The van der Waals surface area contributed by atoms with Gasteiger partial charge in [0.1, 0.15) is 6.54 Å². The van der Waals surface area contributed by atoms with E-state index in [1.165, 1.54) is 25.3 Å². The Morgan fingerprint density at radius 3 is 2.54 bits per heavy atom. The summed E-state index contributed by atoms with van der Waals surface area (Å²) in [6, 6.07) is 4.70. The highest BCUT2D eigenvalue weighted by Crippen LogP contribution is 2.33. The monoisotopic (exact) mass is 392 g/mol. The van der Waals surface area contributed by atoms with Gasteiger partial charge in [0.15, 0.2) is 0 Å². The molecule has 1 amide bonds. The van der Waals surface area contributed by atoms with Crippen LogP contribution in [0.4, 0.5) is 5.69 Å². The first-order valence-corrected chi connectivity index (χ1v) is 10.6. The lowest BCUT2D eigenvalue weighted by Crippen LogP contribution is -2.42. The molecule has 0 atom stereocenters. The molecule has 0 unspecified atom stereocenters. The van der Waals surface area contributed by atoms with E-state index in [1.54, 1.807) is 12.1 Å². The van der Waals surface area contributed by atoms with E-state index in [-0.39, 0.29) is 28.2 Å². The first-order valence-electron chi connectivity index (χ1n) is 7.97. The molecule has 0 aliphatic heterocycles. The van der Waals surface area contributed by atoms with Crippen molar-refractivity contribution in [3.8, 4) is 0 Å². The van der Waals surface area contributed by atoms with Crippen LogP contribution >= 0.6 is 23.2 Å². The SMILES string of the molecule is CS(=O)(=O)N(CC(=O)NCC1CCCCC1)c1cccc(Cl)c1Cl. The van der Waals surface area contributed by atoms with Gasteiger partial charge in [0.25, 0.3) is 0 Å². The van der Waals surface area contributed by atoms with Crippen molar-refractivity contribution in [1.82, 2.24) is 5.32 Å². The van der Waals surface area contributed by atoms with E-state index in [4.69, 9.17) is 23.2 Å². The molecule has 134 valence electrons. The lowest BCUT2D eigenvalue weighted by molar-refractivity contribution is -0.119. The van der Waals surface area contributed by atoms with Gasteiger partial charge in [-0.2, -0.15) is 0 Å². The van der Waals surface area contributed by atoms with Gasteiger partial charge >= 0.3 is 0 Å². The summed E-state index contributed by atoms with van der Waals surface area (Å²) in [6.45, 7) is 0.269. The Morgan fingerprint density at radius 2 is 1.92 bits per heavy atom. The third-order valence-corrected chi connectivity index (χ3v) is 6.14. The molecule has 5 nitrogen and oxygen atoms in total. The molecular weight excluding hydrogens is 371 g/mol. The first-order chi connectivity index (χ1) is 11.3. The Morgan fingerprint density at radius 1 is 1.25 bits per heavy atom. The van der Waals surface area contributed by atoms with Crippen molar-refractivity contribution in [2.45, 2.75) is 32.1 Å². The number of carbonyl (C=O) groups is 1. The second-order valence-electron chi connectivity index (χ2n) is 6.15.